The van der Waals surface area contributed by atoms with Gasteiger partial charge in [0.25, 0.3) is 0 Å². The van der Waals surface area contributed by atoms with Crippen LogP contribution in [0.2, 0.25) is 18.1 Å². The van der Waals surface area contributed by atoms with Crippen LogP contribution in [0.15, 0.2) is 46.8 Å². The molecule has 1 aromatic carbocycles. The summed E-state index contributed by atoms with van der Waals surface area (Å²) >= 11 is 0. The largest absolute Gasteiger partial charge is 0.544 e. The van der Waals surface area contributed by atoms with Crippen LogP contribution in [0.3, 0.4) is 0 Å². The van der Waals surface area contributed by atoms with Gasteiger partial charge in [-0.1, -0.05) is 60.6 Å². The SMILES string of the molecule is CN1C2=C(C(=O)CC(C)(C)C2)C(c2ccc(O[Si](C)(C)C(C)(C)C)cc2)C2=C1CC(C)(C)CC2=O. The molecule has 4 nitrogen and oxygen atoms in total. The summed E-state index contributed by atoms with van der Waals surface area (Å²) in [7, 11) is 0.100. The lowest BCUT2D eigenvalue weighted by Gasteiger charge is -2.47. The van der Waals surface area contributed by atoms with E-state index in [1.165, 1.54) is 0 Å². The maximum Gasteiger partial charge on any atom is 0.250 e. The highest BCUT2D eigenvalue weighted by molar-refractivity contribution is 6.74. The van der Waals surface area contributed by atoms with Crippen LogP contribution in [0.25, 0.3) is 0 Å². The van der Waals surface area contributed by atoms with Crippen LogP contribution in [0.1, 0.15) is 85.6 Å². The summed E-state index contributed by atoms with van der Waals surface area (Å²) in [6.45, 7) is 19.9. The van der Waals surface area contributed by atoms with Gasteiger partial charge in [0.2, 0.25) is 8.32 Å². The average molecular weight is 494 g/mol. The van der Waals surface area contributed by atoms with E-state index in [1.807, 2.05) is 12.1 Å². The first-order valence-electron chi connectivity index (χ1n) is 13.0. The molecule has 0 atom stereocenters. The van der Waals surface area contributed by atoms with E-state index >= 15 is 0 Å². The van der Waals surface area contributed by atoms with Crippen LogP contribution in [0, 0.1) is 10.8 Å². The number of nitrogens with zero attached hydrogens (tertiary/aromatic N) is 1. The van der Waals surface area contributed by atoms with Crippen LogP contribution in [0.5, 0.6) is 5.75 Å². The van der Waals surface area contributed by atoms with E-state index in [-0.39, 0.29) is 33.4 Å². The molecule has 4 rings (SSSR count). The Morgan fingerprint density at radius 2 is 1.26 bits per heavy atom. The molecule has 0 fully saturated rings. The lowest BCUT2D eigenvalue weighted by Crippen LogP contribution is -2.44. The number of hydrogen-bond acceptors (Lipinski definition) is 4. The van der Waals surface area contributed by atoms with Crippen molar-refractivity contribution in [1.82, 2.24) is 4.90 Å². The maximum absolute atomic E-state index is 13.6. The van der Waals surface area contributed by atoms with Gasteiger partial charge in [-0.2, -0.15) is 0 Å². The number of rotatable bonds is 3. The standard InChI is InChI=1S/C30H43NO3Si/c1-28(2,3)35(9,10)34-20-13-11-19(12-14-20)25-26-21(15-29(4,5)17-23(26)32)31(8)22-16-30(6,7)18-24(33)27(22)25/h11-14,25H,15-18H2,1-10H3. The van der Waals surface area contributed by atoms with Crippen LogP contribution in [-0.4, -0.2) is 31.8 Å². The fourth-order valence-electron chi connectivity index (χ4n) is 5.67. The Balaban J connectivity index is 1.82. The summed E-state index contributed by atoms with van der Waals surface area (Å²) in [4.78, 5) is 29.4. The Morgan fingerprint density at radius 3 is 1.66 bits per heavy atom. The van der Waals surface area contributed by atoms with Crippen LogP contribution in [0.4, 0.5) is 0 Å². The summed E-state index contributed by atoms with van der Waals surface area (Å²) in [6, 6.07) is 8.22. The van der Waals surface area contributed by atoms with E-state index in [1.54, 1.807) is 0 Å². The molecule has 0 unspecified atom stereocenters. The Hall–Kier alpha value is -2.14. The van der Waals surface area contributed by atoms with Gasteiger partial charge in [0.05, 0.1) is 0 Å². The van der Waals surface area contributed by atoms with Gasteiger partial charge in [-0.15, -0.1) is 0 Å². The van der Waals surface area contributed by atoms with Gasteiger partial charge in [0.1, 0.15) is 5.75 Å². The van der Waals surface area contributed by atoms with Crippen molar-refractivity contribution in [2.24, 2.45) is 10.8 Å². The number of carbonyl (C=O) groups excluding carboxylic acids is 2. The van der Waals surface area contributed by atoms with Gasteiger partial charge >= 0.3 is 0 Å². The minimum absolute atomic E-state index is 0.0815. The molecule has 0 spiro atoms. The first-order chi connectivity index (χ1) is 15.9. The first kappa shape index (κ1) is 25.9. The summed E-state index contributed by atoms with van der Waals surface area (Å²) in [6.07, 6.45) is 2.73. The number of benzene rings is 1. The van der Waals surface area contributed by atoms with Crippen molar-refractivity contribution in [3.8, 4) is 5.75 Å². The van der Waals surface area contributed by atoms with Gasteiger partial charge in [0, 0.05) is 48.3 Å². The molecule has 1 aliphatic heterocycles. The summed E-state index contributed by atoms with van der Waals surface area (Å²) < 4.78 is 6.51. The van der Waals surface area contributed by atoms with E-state index in [0.29, 0.717) is 12.8 Å². The number of hydrogen-bond donors (Lipinski definition) is 0. The molecular weight excluding hydrogens is 450 g/mol. The molecule has 2 aliphatic carbocycles. The first-order valence-corrected chi connectivity index (χ1v) is 15.9. The third kappa shape index (κ3) is 4.68. The van der Waals surface area contributed by atoms with E-state index < -0.39 is 8.32 Å². The fourth-order valence-corrected chi connectivity index (χ4v) is 6.71. The minimum Gasteiger partial charge on any atom is -0.544 e. The van der Waals surface area contributed by atoms with Crippen LogP contribution >= 0.6 is 0 Å². The molecule has 0 saturated heterocycles. The highest BCUT2D eigenvalue weighted by atomic mass is 28.4. The Labute approximate surface area is 212 Å². The summed E-state index contributed by atoms with van der Waals surface area (Å²) in [5.41, 5.74) is 4.71. The normalized spacial score (nSPS) is 22.9. The lowest BCUT2D eigenvalue weighted by molar-refractivity contribution is -0.119. The second kappa shape index (κ2) is 8.19. The molecule has 0 bridgehead atoms. The lowest BCUT2D eigenvalue weighted by atomic mass is 9.64. The van der Waals surface area contributed by atoms with Gasteiger partial charge in [-0.05, 0) is 59.5 Å². The zero-order valence-corrected chi connectivity index (χ0v) is 24.4. The quantitative estimate of drug-likeness (QED) is 0.412. The van der Waals surface area contributed by atoms with Crippen molar-refractivity contribution in [3.05, 3.63) is 52.4 Å². The fraction of sp³-hybridized carbons (Fsp3) is 0.600. The van der Waals surface area contributed by atoms with E-state index in [9.17, 15) is 9.59 Å². The topological polar surface area (TPSA) is 46.6 Å². The zero-order chi connectivity index (χ0) is 26.1. The van der Waals surface area contributed by atoms with E-state index in [4.69, 9.17) is 4.43 Å². The Kier molecular flexibility index (Phi) is 6.07. The smallest absolute Gasteiger partial charge is 0.250 e. The molecule has 190 valence electrons. The van der Waals surface area contributed by atoms with Gasteiger partial charge < -0.3 is 9.33 Å². The monoisotopic (exact) mass is 493 g/mol. The van der Waals surface area contributed by atoms with Crippen LogP contribution < -0.4 is 4.43 Å². The van der Waals surface area contributed by atoms with Gasteiger partial charge in [-0.3, -0.25) is 9.59 Å². The van der Waals surface area contributed by atoms with Gasteiger partial charge in [-0.25, -0.2) is 0 Å². The molecule has 1 heterocycles. The molecule has 3 aliphatic rings. The molecule has 0 radical (unpaired) electrons. The highest BCUT2D eigenvalue weighted by Crippen LogP contribution is 2.54. The average Bonchev–Trinajstić information content (AvgIpc) is 2.68. The van der Waals surface area contributed by atoms with Crippen molar-refractivity contribution in [3.63, 3.8) is 0 Å². The number of Topliss-reactive ketones (excluding diaryl/α,β-unsaturated/α-hetero) is 2. The summed E-state index contributed by atoms with van der Waals surface area (Å²) in [5.74, 6) is 0.937. The number of allylic oxidation sites excluding steroid dienone is 4. The molecule has 0 saturated carbocycles. The van der Waals surface area contributed by atoms with Crippen molar-refractivity contribution in [2.75, 3.05) is 7.05 Å². The second-order valence-corrected chi connectivity index (χ2v) is 18.8. The molecule has 35 heavy (non-hydrogen) atoms. The highest BCUT2D eigenvalue weighted by Gasteiger charge is 2.48. The molecule has 1 aromatic rings. The molecule has 0 amide bonds. The van der Waals surface area contributed by atoms with E-state index in [0.717, 1.165) is 46.7 Å². The third-order valence-corrected chi connectivity index (χ3v) is 12.9. The predicted octanol–water partition coefficient (Wildman–Crippen LogP) is 7.39. The van der Waals surface area contributed by atoms with Crippen molar-refractivity contribution >= 4 is 19.9 Å². The van der Waals surface area contributed by atoms with Crippen molar-refractivity contribution < 1.29 is 14.0 Å². The van der Waals surface area contributed by atoms with Crippen LogP contribution in [-0.2, 0) is 9.59 Å². The van der Waals surface area contributed by atoms with Crippen molar-refractivity contribution in [2.45, 2.75) is 98.2 Å². The van der Waals surface area contributed by atoms with E-state index in [2.05, 4.69) is 85.6 Å². The maximum atomic E-state index is 13.6. The Bertz CT molecular complexity index is 1080. The summed E-state index contributed by atoms with van der Waals surface area (Å²) in [5, 5.41) is 0.113. The second-order valence-electron chi connectivity index (χ2n) is 14.0. The molecular formula is C30H43NO3Si. The molecule has 0 aromatic heterocycles. The number of ketones is 2. The van der Waals surface area contributed by atoms with Gasteiger partial charge in [0.15, 0.2) is 11.6 Å². The zero-order valence-electron chi connectivity index (χ0n) is 23.4. The van der Waals surface area contributed by atoms with Crippen molar-refractivity contribution in [1.29, 1.82) is 0 Å². The molecule has 5 heteroatoms. The number of carbonyl (C=O) groups is 2. The Morgan fingerprint density at radius 1 is 0.829 bits per heavy atom. The molecule has 0 N–H and O–H groups in total. The minimum atomic E-state index is -1.96. The third-order valence-electron chi connectivity index (χ3n) is 8.57. The predicted molar refractivity (Wildman–Crippen MR) is 145 cm³/mol.